The van der Waals surface area contributed by atoms with Crippen LogP contribution < -0.4 is 34.7 Å². The molecule has 2 aromatic rings. The molecule has 0 saturated carbocycles. The van der Waals surface area contributed by atoms with Crippen molar-refractivity contribution in [3.63, 3.8) is 0 Å². The lowest BCUT2D eigenvalue weighted by atomic mass is 10.1. The van der Waals surface area contributed by atoms with E-state index in [1.165, 1.54) is 14.2 Å². The molecule has 0 bridgehead atoms. The molecule has 2 atom stereocenters. The van der Waals surface area contributed by atoms with Crippen LogP contribution in [0, 0.1) is 0 Å². The number of methoxy groups -OCH3 is 2. The Hall–Kier alpha value is -6.06. The molecule has 4 amide bonds. The monoisotopic (exact) mass is 829 g/mol. The summed E-state index contributed by atoms with van der Waals surface area (Å²) in [6.07, 6.45) is 7.45. The van der Waals surface area contributed by atoms with Crippen molar-refractivity contribution in [2.75, 3.05) is 72.5 Å². The number of ether oxygens (including phenoxy) is 4. The maximum absolute atomic E-state index is 14.5. The number of nitrogens with zero attached hydrogens (tertiary/aromatic N) is 4. The Kier molecular flexibility index (Phi) is 13.8. The smallest absolute Gasteiger partial charge is 0.257 e. The largest absolute Gasteiger partial charge is 0.493 e. The van der Waals surface area contributed by atoms with Crippen molar-refractivity contribution in [2.45, 2.75) is 31.3 Å². The molecule has 0 spiro atoms. The average molecular weight is 830 g/mol. The fourth-order valence-electron chi connectivity index (χ4n) is 7.12. The molecule has 312 valence electrons. The van der Waals surface area contributed by atoms with Gasteiger partial charge in [-0.3, -0.25) is 39.0 Å². The Bertz CT molecular complexity index is 2050. The van der Waals surface area contributed by atoms with Gasteiger partial charge in [-0.05, 0) is 31.1 Å². The number of hydrogen-bond acceptors (Lipinski definition) is 12. The summed E-state index contributed by atoms with van der Waals surface area (Å²) in [5.41, 5.74) is 3.52. The van der Waals surface area contributed by atoms with E-state index in [1.54, 1.807) is 46.5 Å². The van der Waals surface area contributed by atoms with Gasteiger partial charge in [0.15, 0.2) is 30.3 Å². The van der Waals surface area contributed by atoms with Crippen molar-refractivity contribution in [1.82, 2.24) is 25.5 Å². The van der Waals surface area contributed by atoms with E-state index in [2.05, 4.69) is 38.9 Å². The summed E-state index contributed by atoms with van der Waals surface area (Å²) >= 11 is 0. The van der Waals surface area contributed by atoms with E-state index in [4.69, 9.17) is 18.9 Å². The minimum absolute atomic E-state index is 0.00151. The first kappa shape index (κ1) is 42.5. The molecule has 0 unspecified atom stereocenters. The summed E-state index contributed by atoms with van der Waals surface area (Å²) in [4.78, 5) is 73.9. The summed E-state index contributed by atoms with van der Waals surface area (Å²) in [7, 11) is -0.352. The summed E-state index contributed by atoms with van der Waals surface area (Å²) in [5, 5.41) is 8.35. The van der Waals surface area contributed by atoms with E-state index < -0.39 is 13.2 Å². The van der Waals surface area contributed by atoms with Crippen LogP contribution in [0.25, 0.3) is 0 Å². The van der Waals surface area contributed by atoms with Gasteiger partial charge in [0.1, 0.15) is 6.29 Å². The minimum atomic E-state index is -3.29. The third kappa shape index (κ3) is 10.3. The lowest BCUT2D eigenvalue weighted by Crippen LogP contribution is -2.35. The zero-order valence-electron chi connectivity index (χ0n) is 33.1. The van der Waals surface area contributed by atoms with Gasteiger partial charge in [0.25, 0.3) is 11.8 Å². The second-order valence-corrected chi connectivity index (χ2v) is 17.3. The lowest BCUT2D eigenvalue weighted by Gasteiger charge is -2.22. The number of allylic oxidation sites excluding steroid dienone is 1. The van der Waals surface area contributed by atoms with Crippen molar-refractivity contribution < 1.29 is 47.5 Å². The van der Waals surface area contributed by atoms with Crippen LogP contribution in [0.15, 0.2) is 70.7 Å². The lowest BCUT2D eigenvalue weighted by molar-refractivity contribution is -0.121. The fraction of sp³-hybridized carbons (Fsp3) is 0.390. The Morgan fingerprint density at radius 1 is 0.797 bits per heavy atom. The van der Waals surface area contributed by atoms with Crippen molar-refractivity contribution in [1.29, 1.82) is 0 Å². The normalized spacial score (nSPS) is 18.1. The highest BCUT2D eigenvalue weighted by Crippen LogP contribution is 2.43. The van der Waals surface area contributed by atoms with Crippen LogP contribution in [-0.2, 0) is 18.9 Å². The average Bonchev–Trinajstić information content (AvgIpc) is 3.73. The molecule has 17 nitrogen and oxygen atoms in total. The molecule has 0 aliphatic carbocycles. The number of aldehydes is 1. The summed E-state index contributed by atoms with van der Waals surface area (Å²) in [5.74, 6) is 0.0774. The molecule has 2 aromatic carbocycles. The molecule has 18 heteroatoms. The van der Waals surface area contributed by atoms with Crippen LogP contribution in [-0.4, -0.2) is 137 Å². The molecule has 0 radical (unpaired) electrons. The number of nitrogens with one attached hydrogen (secondary N) is 3. The Morgan fingerprint density at radius 3 is 1.81 bits per heavy atom. The van der Waals surface area contributed by atoms with Crippen molar-refractivity contribution in [3.05, 3.63) is 71.8 Å². The molecular formula is C41H48N7O10P. The van der Waals surface area contributed by atoms with Gasteiger partial charge < -0.3 is 43.9 Å². The molecule has 6 rings (SSSR count). The second-order valence-electron chi connectivity index (χ2n) is 14.3. The van der Waals surface area contributed by atoms with Gasteiger partial charge in [-0.2, -0.15) is 0 Å². The fourth-order valence-corrected chi connectivity index (χ4v) is 8.95. The van der Waals surface area contributed by atoms with Crippen LogP contribution in [0.5, 0.6) is 23.0 Å². The predicted molar refractivity (Wildman–Crippen MR) is 222 cm³/mol. The zero-order valence-corrected chi connectivity index (χ0v) is 34.0. The standard InChI is InChI=1S/C41H48N7O10P/c1-26-16-28-22-44-32-20-36(34(55-3)18-30(32)40(52)47(28)24-26)57-12-14-59(54,46-10-9-43-39(51)7-8-42-38(50)6-5-11-49)15-13-58-37-21-33-31(19-35(37)56-4)41(53)48-25-27(2)17-29(48)23-45-33/h5-6,11,18-23,28-29H,1-2,7-10,12-17,24-25H2,3-4H3,(H,42,50)(H,43,51)(H,46,54)/b6-5-/t28-,29-/m0/s1. The number of carbonyl (C=O) groups is 5. The van der Waals surface area contributed by atoms with E-state index in [0.717, 1.165) is 23.3 Å². The molecule has 4 aliphatic heterocycles. The number of amides is 4. The Labute approximate surface area is 342 Å². The predicted octanol–water partition coefficient (Wildman–Crippen LogP) is 3.38. The molecule has 3 N–H and O–H groups in total. The van der Waals surface area contributed by atoms with E-state index in [0.29, 0.717) is 77.7 Å². The summed E-state index contributed by atoms with van der Waals surface area (Å²) < 4.78 is 38.0. The van der Waals surface area contributed by atoms with Gasteiger partial charge >= 0.3 is 0 Å². The first-order chi connectivity index (χ1) is 28.4. The number of carbonyl (C=O) groups excluding carboxylic acids is 5. The summed E-state index contributed by atoms with van der Waals surface area (Å²) in [6, 6.07) is 6.10. The first-order valence-electron chi connectivity index (χ1n) is 19.1. The highest BCUT2D eigenvalue weighted by atomic mass is 31.2. The highest BCUT2D eigenvalue weighted by Gasteiger charge is 2.36. The molecule has 4 heterocycles. The van der Waals surface area contributed by atoms with Gasteiger partial charge in [0.05, 0.1) is 62.0 Å². The zero-order chi connectivity index (χ0) is 42.1. The van der Waals surface area contributed by atoms with Gasteiger partial charge in [-0.1, -0.05) is 24.3 Å². The number of aliphatic imine (C=N–C) groups is 2. The topological polar surface area (TPSA) is 207 Å². The van der Waals surface area contributed by atoms with Crippen LogP contribution in [0.1, 0.15) is 40.0 Å². The van der Waals surface area contributed by atoms with Crippen molar-refractivity contribution >= 4 is 61.0 Å². The number of benzene rings is 2. The van der Waals surface area contributed by atoms with E-state index >= 15 is 0 Å². The van der Waals surface area contributed by atoms with E-state index in [1.807, 2.05) is 0 Å². The maximum atomic E-state index is 14.5. The molecular weight excluding hydrogens is 781 g/mol. The molecule has 59 heavy (non-hydrogen) atoms. The third-order valence-corrected chi connectivity index (χ3v) is 12.8. The van der Waals surface area contributed by atoms with Gasteiger partial charge in [0.2, 0.25) is 11.8 Å². The molecule has 2 saturated heterocycles. The van der Waals surface area contributed by atoms with Crippen LogP contribution in [0.2, 0.25) is 0 Å². The number of fused-ring (bicyclic) bond motifs is 4. The van der Waals surface area contributed by atoms with Crippen LogP contribution in [0.4, 0.5) is 11.4 Å². The van der Waals surface area contributed by atoms with Gasteiger partial charge in [-0.25, -0.2) is 0 Å². The second kappa shape index (κ2) is 19.1. The van der Waals surface area contributed by atoms with Crippen molar-refractivity contribution in [3.8, 4) is 23.0 Å². The molecule has 0 aromatic heterocycles. The molecule has 2 fully saturated rings. The first-order valence-corrected chi connectivity index (χ1v) is 21.2. The van der Waals surface area contributed by atoms with Gasteiger partial charge in [0, 0.05) is 82.1 Å². The van der Waals surface area contributed by atoms with E-state index in [-0.39, 0.29) is 81.4 Å². The van der Waals surface area contributed by atoms with Crippen LogP contribution >= 0.6 is 7.29 Å². The van der Waals surface area contributed by atoms with Crippen molar-refractivity contribution in [2.24, 2.45) is 9.98 Å². The SMILES string of the molecule is C=C1C[C@H]2C=Nc3cc(OCCP(=O)(CCOc4cc5c(cc4OC)C(=O)N4CC(=C)C[C@H]4C=N5)NCCNC(=O)CCNC(=O)/C=C\C=O)c(OC)cc3C(=O)N2C1. The Balaban J connectivity index is 1.12. The van der Waals surface area contributed by atoms with Gasteiger partial charge in [-0.15, -0.1) is 0 Å². The maximum Gasteiger partial charge on any atom is 0.257 e. The van der Waals surface area contributed by atoms with Crippen LogP contribution in [0.3, 0.4) is 0 Å². The highest BCUT2D eigenvalue weighted by molar-refractivity contribution is 7.61. The quantitative estimate of drug-likeness (QED) is 0.0615. The minimum Gasteiger partial charge on any atom is -0.493 e. The Morgan fingerprint density at radius 2 is 1.32 bits per heavy atom. The molecule has 4 aliphatic rings. The third-order valence-electron chi connectivity index (χ3n) is 10.1. The number of rotatable bonds is 19. The number of hydrogen-bond donors (Lipinski definition) is 3. The van der Waals surface area contributed by atoms with E-state index in [9.17, 15) is 28.5 Å². The summed E-state index contributed by atoms with van der Waals surface area (Å²) in [6.45, 7) is 9.27.